The summed E-state index contributed by atoms with van der Waals surface area (Å²) < 4.78 is 11.7. The van der Waals surface area contributed by atoms with E-state index in [-0.39, 0.29) is 30.5 Å². The largest absolute Gasteiger partial charge is 0.394 e. The normalized spacial score (nSPS) is 36.3. The molecule has 2 N–H and O–H groups in total. The Morgan fingerprint density at radius 3 is 2.39 bits per heavy atom. The van der Waals surface area contributed by atoms with E-state index in [0.29, 0.717) is 12.6 Å². The molecule has 0 amide bonds. The summed E-state index contributed by atoms with van der Waals surface area (Å²) in [5.41, 5.74) is -0.300. The average Bonchev–Trinajstić information content (AvgIpc) is 3.09. The fourth-order valence-corrected chi connectivity index (χ4v) is 2.64. The van der Waals surface area contributed by atoms with Crippen molar-refractivity contribution in [3.63, 3.8) is 0 Å². The molecule has 0 radical (unpaired) electrons. The Morgan fingerprint density at radius 1 is 1.28 bits per heavy atom. The second-order valence-corrected chi connectivity index (χ2v) is 6.30. The van der Waals surface area contributed by atoms with Gasteiger partial charge in [-0.2, -0.15) is 0 Å². The maximum absolute atomic E-state index is 9.53. The zero-order chi connectivity index (χ0) is 13.2. The summed E-state index contributed by atoms with van der Waals surface area (Å²) in [6.45, 7) is 6.93. The van der Waals surface area contributed by atoms with E-state index in [1.54, 1.807) is 0 Å². The van der Waals surface area contributed by atoms with Gasteiger partial charge >= 0.3 is 0 Å². The van der Waals surface area contributed by atoms with E-state index in [4.69, 9.17) is 9.47 Å². The van der Waals surface area contributed by atoms with E-state index >= 15 is 0 Å². The first-order valence-electron chi connectivity index (χ1n) is 7.16. The van der Waals surface area contributed by atoms with Crippen molar-refractivity contribution < 1.29 is 14.6 Å². The van der Waals surface area contributed by atoms with Gasteiger partial charge in [0.15, 0.2) is 0 Å². The molecule has 0 aromatic carbocycles. The van der Waals surface area contributed by atoms with E-state index in [1.807, 2.05) is 6.92 Å². The van der Waals surface area contributed by atoms with Gasteiger partial charge in [0.1, 0.15) is 0 Å². The second-order valence-electron chi connectivity index (χ2n) is 6.30. The Labute approximate surface area is 110 Å². The summed E-state index contributed by atoms with van der Waals surface area (Å²) in [6, 6.07) is 0.582. The molecule has 0 aromatic rings. The number of aliphatic hydroxyl groups excluding tert-OH is 1. The van der Waals surface area contributed by atoms with Crippen molar-refractivity contribution in [1.82, 2.24) is 5.32 Å². The van der Waals surface area contributed by atoms with Crippen LogP contribution < -0.4 is 5.32 Å². The number of ether oxygens (including phenoxy) is 2. The number of nitrogens with one attached hydrogen (secondary N) is 1. The first kappa shape index (κ1) is 14.3. The van der Waals surface area contributed by atoms with Crippen molar-refractivity contribution in [2.75, 3.05) is 13.2 Å². The number of hydrogen-bond acceptors (Lipinski definition) is 4. The topological polar surface area (TPSA) is 50.7 Å². The maximum atomic E-state index is 9.53. The molecule has 106 valence electrons. The molecule has 4 nitrogen and oxygen atoms in total. The molecule has 3 unspecified atom stereocenters. The predicted molar refractivity (Wildman–Crippen MR) is 70.6 cm³/mol. The molecule has 2 rings (SSSR count). The SMILES string of the molecule is CC1CC(OCC(C)(CO)NC2CC2)CC(C)O1. The van der Waals surface area contributed by atoms with Gasteiger partial charge in [0.2, 0.25) is 0 Å². The maximum Gasteiger partial charge on any atom is 0.0672 e. The minimum absolute atomic E-state index is 0.123. The van der Waals surface area contributed by atoms with Crippen LogP contribution in [0, 0.1) is 0 Å². The van der Waals surface area contributed by atoms with E-state index in [1.165, 1.54) is 12.8 Å². The molecule has 1 saturated carbocycles. The number of aliphatic hydroxyl groups is 1. The molecule has 3 atom stereocenters. The first-order valence-corrected chi connectivity index (χ1v) is 7.16. The van der Waals surface area contributed by atoms with Crippen LogP contribution in [0.3, 0.4) is 0 Å². The molecular formula is C14H27NO3. The summed E-state index contributed by atoms with van der Waals surface area (Å²) in [4.78, 5) is 0. The molecule has 0 spiro atoms. The van der Waals surface area contributed by atoms with Gasteiger partial charge < -0.3 is 19.9 Å². The van der Waals surface area contributed by atoms with Crippen LogP contribution in [0.15, 0.2) is 0 Å². The zero-order valence-corrected chi connectivity index (χ0v) is 11.8. The van der Waals surface area contributed by atoms with E-state index in [0.717, 1.165) is 12.8 Å². The summed E-state index contributed by atoms with van der Waals surface area (Å²) in [7, 11) is 0. The fraction of sp³-hybridized carbons (Fsp3) is 1.00. The van der Waals surface area contributed by atoms with Crippen molar-refractivity contribution in [3.8, 4) is 0 Å². The molecule has 1 aliphatic carbocycles. The summed E-state index contributed by atoms with van der Waals surface area (Å²) in [5, 5.41) is 13.0. The molecule has 18 heavy (non-hydrogen) atoms. The summed E-state index contributed by atoms with van der Waals surface area (Å²) in [5.74, 6) is 0. The van der Waals surface area contributed by atoms with Crippen LogP contribution >= 0.6 is 0 Å². The predicted octanol–water partition coefficient (Wildman–Crippen LogP) is 1.46. The van der Waals surface area contributed by atoms with Gasteiger partial charge in [-0.3, -0.25) is 0 Å². The van der Waals surface area contributed by atoms with Crippen LogP contribution in [0.1, 0.15) is 46.5 Å². The highest BCUT2D eigenvalue weighted by Crippen LogP contribution is 2.25. The van der Waals surface area contributed by atoms with Crippen molar-refractivity contribution in [3.05, 3.63) is 0 Å². The van der Waals surface area contributed by atoms with Gasteiger partial charge in [0.25, 0.3) is 0 Å². The van der Waals surface area contributed by atoms with Gasteiger partial charge in [-0.15, -0.1) is 0 Å². The van der Waals surface area contributed by atoms with Gasteiger partial charge in [-0.05, 0) is 46.5 Å². The third-order valence-corrected chi connectivity index (χ3v) is 3.77. The lowest BCUT2D eigenvalue weighted by molar-refractivity contribution is -0.112. The molecule has 1 saturated heterocycles. The molecule has 0 aromatic heterocycles. The van der Waals surface area contributed by atoms with Crippen LogP contribution in [0.2, 0.25) is 0 Å². The zero-order valence-electron chi connectivity index (χ0n) is 11.8. The second kappa shape index (κ2) is 5.87. The molecule has 4 heteroatoms. The van der Waals surface area contributed by atoms with Crippen LogP contribution in [0.25, 0.3) is 0 Å². The molecule has 0 bridgehead atoms. The summed E-state index contributed by atoms with van der Waals surface area (Å²) in [6.07, 6.45) is 5.16. The number of rotatable bonds is 6. The first-order chi connectivity index (χ1) is 8.50. The monoisotopic (exact) mass is 257 g/mol. The Balaban J connectivity index is 1.77. The minimum Gasteiger partial charge on any atom is -0.394 e. The Morgan fingerprint density at radius 2 is 1.89 bits per heavy atom. The van der Waals surface area contributed by atoms with Gasteiger partial charge in [0.05, 0.1) is 37.1 Å². The smallest absolute Gasteiger partial charge is 0.0672 e. The highest BCUT2D eigenvalue weighted by atomic mass is 16.5. The molecule has 1 heterocycles. The number of hydrogen-bond donors (Lipinski definition) is 2. The van der Waals surface area contributed by atoms with Crippen molar-refractivity contribution >= 4 is 0 Å². The highest BCUT2D eigenvalue weighted by Gasteiger charge is 2.34. The average molecular weight is 257 g/mol. The van der Waals surface area contributed by atoms with Crippen molar-refractivity contribution in [1.29, 1.82) is 0 Å². The Kier molecular flexibility index (Phi) is 4.64. The Bertz CT molecular complexity index is 260. The minimum atomic E-state index is -0.300. The van der Waals surface area contributed by atoms with Crippen LogP contribution in [0.5, 0.6) is 0 Å². The lowest BCUT2D eigenvalue weighted by Crippen LogP contribution is -2.52. The van der Waals surface area contributed by atoms with Crippen molar-refractivity contribution in [2.45, 2.75) is 76.3 Å². The quantitative estimate of drug-likeness (QED) is 0.756. The van der Waals surface area contributed by atoms with Crippen LogP contribution in [0.4, 0.5) is 0 Å². The van der Waals surface area contributed by atoms with Crippen LogP contribution in [-0.2, 0) is 9.47 Å². The van der Waals surface area contributed by atoms with Crippen molar-refractivity contribution in [2.24, 2.45) is 0 Å². The Hall–Kier alpha value is -0.160. The third kappa shape index (κ3) is 4.19. The molecule has 2 aliphatic rings. The third-order valence-electron chi connectivity index (χ3n) is 3.77. The van der Waals surface area contributed by atoms with E-state index in [2.05, 4.69) is 19.2 Å². The van der Waals surface area contributed by atoms with Gasteiger partial charge in [-0.25, -0.2) is 0 Å². The molecular weight excluding hydrogens is 230 g/mol. The van der Waals surface area contributed by atoms with E-state index < -0.39 is 0 Å². The lowest BCUT2D eigenvalue weighted by Gasteiger charge is -2.35. The summed E-state index contributed by atoms with van der Waals surface area (Å²) >= 11 is 0. The highest BCUT2D eigenvalue weighted by molar-refractivity contribution is 4.92. The van der Waals surface area contributed by atoms with Gasteiger partial charge in [-0.1, -0.05) is 0 Å². The fourth-order valence-electron chi connectivity index (χ4n) is 2.64. The van der Waals surface area contributed by atoms with E-state index in [9.17, 15) is 5.11 Å². The standard InChI is InChI=1S/C14H27NO3/c1-10-6-13(7-11(2)18-10)17-9-14(3,8-16)15-12-4-5-12/h10-13,15-16H,4-9H2,1-3H3. The molecule has 1 aliphatic heterocycles. The van der Waals surface area contributed by atoms with Crippen LogP contribution in [-0.4, -0.2) is 48.2 Å². The lowest BCUT2D eigenvalue weighted by atomic mass is 10.0. The molecule has 2 fully saturated rings. The van der Waals surface area contributed by atoms with Gasteiger partial charge in [0, 0.05) is 6.04 Å².